The summed E-state index contributed by atoms with van der Waals surface area (Å²) in [5.74, 6) is 0.00708. The van der Waals surface area contributed by atoms with Gasteiger partial charge in [0.15, 0.2) is 6.10 Å². The van der Waals surface area contributed by atoms with Crippen molar-refractivity contribution in [1.82, 2.24) is 0 Å². The molecule has 0 radical (unpaired) electrons. The maximum absolute atomic E-state index is 12.8. The standard InChI is InChI=1S/C55H106O6/c1-5-7-9-11-13-15-17-18-20-24-27-31-35-39-43-47-54(57)60-50-52(49-59-53(56)46-42-38-34-30-16-14-12-10-8-6-2)61-55(58)48-44-40-36-32-28-25-22-19-21-23-26-29-33-37-41-45-51(3)4/h51-52H,5-50H2,1-4H3/t52-/m0/s1. The Morgan fingerprint density at radius 3 is 0.803 bits per heavy atom. The Bertz CT molecular complexity index is 918. The lowest BCUT2D eigenvalue weighted by atomic mass is 10.0. The van der Waals surface area contributed by atoms with E-state index in [1.165, 1.54) is 205 Å². The number of hydrogen-bond acceptors (Lipinski definition) is 6. The molecule has 362 valence electrons. The van der Waals surface area contributed by atoms with Crippen molar-refractivity contribution in [3.63, 3.8) is 0 Å². The van der Waals surface area contributed by atoms with Crippen LogP contribution >= 0.6 is 0 Å². The fourth-order valence-electron chi connectivity index (χ4n) is 8.39. The summed E-state index contributed by atoms with van der Waals surface area (Å²) in [6.45, 7) is 9.04. The number of ether oxygens (including phenoxy) is 3. The van der Waals surface area contributed by atoms with Crippen molar-refractivity contribution in [2.45, 2.75) is 316 Å². The summed E-state index contributed by atoms with van der Waals surface area (Å²) in [6.07, 6.45) is 52.3. The van der Waals surface area contributed by atoms with Crippen molar-refractivity contribution in [3.05, 3.63) is 0 Å². The fraction of sp³-hybridized carbons (Fsp3) is 0.945. The number of hydrogen-bond donors (Lipinski definition) is 0. The van der Waals surface area contributed by atoms with Crippen molar-refractivity contribution in [3.8, 4) is 0 Å². The van der Waals surface area contributed by atoms with Crippen molar-refractivity contribution >= 4 is 17.9 Å². The van der Waals surface area contributed by atoms with Gasteiger partial charge < -0.3 is 14.2 Å². The van der Waals surface area contributed by atoms with Gasteiger partial charge in [0.25, 0.3) is 0 Å². The zero-order valence-electron chi connectivity index (χ0n) is 41.6. The van der Waals surface area contributed by atoms with Crippen molar-refractivity contribution in [2.75, 3.05) is 13.2 Å². The van der Waals surface area contributed by atoms with Crippen LogP contribution in [-0.4, -0.2) is 37.2 Å². The molecule has 0 rings (SSSR count). The van der Waals surface area contributed by atoms with Crippen LogP contribution in [0.2, 0.25) is 0 Å². The number of carbonyl (C=O) groups excluding carboxylic acids is 3. The van der Waals surface area contributed by atoms with Gasteiger partial charge in [0.05, 0.1) is 0 Å². The molecule has 61 heavy (non-hydrogen) atoms. The molecule has 0 aromatic heterocycles. The first-order chi connectivity index (χ1) is 29.9. The van der Waals surface area contributed by atoms with Gasteiger partial charge in [-0.1, -0.05) is 272 Å². The number of unbranched alkanes of at least 4 members (excludes halogenated alkanes) is 37. The molecule has 0 aromatic carbocycles. The lowest BCUT2D eigenvalue weighted by molar-refractivity contribution is -0.167. The van der Waals surface area contributed by atoms with E-state index in [2.05, 4.69) is 27.7 Å². The van der Waals surface area contributed by atoms with Gasteiger partial charge in [-0.05, 0) is 25.2 Å². The van der Waals surface area contributed by atoms with E-state index in [0.717, 1.165) is 63.7 Å². The number of rotatable bonds is 50. The molecule has 0 heterocycles. The summed E-state index contributed by atoms with van der Waals surface area (Å²) in [5, 5.41) is 0. The summed E-state index contributed by atoms with van der Waals surface area (Å²) in [6, 6.07) is 0. The van der Waals surface area contributed by atoms with Crippen molar-refractivity contribution < 1.29 is 28.6 Å². The second kappa shape index (κ2) is 49.4. The van der Waals surface area contributed by atoms with Gasteiger partial charge in [-0.25, -0.2) is 0 Å². The van der Waals surface area contributed by atoms with Crippen LogP contribution in [0.4, 0.5) is 0 Å². The molecule has 0 fully saturated rings. The normalized spacial score (nSPS) is 12.0. The molecule has 1 atom stereocenters. The summed E-state index contributed by atoms with van der Waals surface area (Å²) in [7, 11) is 0. The fourth-order valence-corrected chi connectivity index (χ4v) is 8.39. The molecule has 0 saturated carbocycles. The zero-order valence-corrected chi connectivity index (χ0v) is 41.6. The SMILES string of the molecule is CCCCCCCCCCCCCCCCCC(=O)OC[C@H](COC(=O)CCCCCCCCCCCC)OC(=O)CCCCCCCCCCCCCCCCCC(C)C. The van der Waals surface area contributed by atoms with E-state index in [-0.39, 0.29) is 31.1 Å². The summed E-state index contributed by atoms with van der Waals surface area (Å²) >= 11 is 0. The van der Waals surface area contributed by atoms with Crippen LogP contribution in [0.3, 0.4) is 0 Å². The quantitative estimate of drug-likeness (QED) is 0.0344. The molecule has 6 nitrogen and oxygen atoms in total. The second-order valence-electron chi connectivity index (χ2n) is 19.3. The molecule has 6 heteroatoms. The topological polar surface area (TPSA) is 78.9 Å². The molecule has 0 aliphatic carbocycles. The van der Waals surface area contributed by atoms with Crippen LogP contribution in [0.15, 0.2) is 0 Å². The first kappa shape index (κ1) is 59.4. The Morgan fingerprint density at radius 2 is 0.541 bits per heavy atom. The maximum Gasteiger partial charge on any atom is 0.306 e. The van der Waals surface area contributed by atoms with Crippen LogP contribution in [0, 0.1) is 5.92 Å². The van der Waals surface area contributed by atoms with E-state index >= 15 is 0 Å². The lowest BCUT2D eigenvalue weighted by Gasteiger charge is -2.18. The van der Waals surface area contributed by atoms with Crippen LogP contribution < -0.4 is 0 Å². The minimum Gasteiger partial charge on any atom is -0.462 e. The van der Waals surface area contributed by atoms with Gasteiger partial charge >= 0.3 is 17.9 Å². The molecule has 0 amide bonds. The molecule has 0 bridgehead atoms. The van der Waals surface area contributed by atoms with E-state index in [1.54, 1.807) is 0 Å². The minimum absolute atomic E-state index is 0.0622. The van der Waals surface area contributed by atoms with Crippen LogP contribution in [0.1, 0.15) is 310 Å². The lowest BCUT2D eigenvalue weighted by Crippen LogP contribution is -2.30. The van der Waals surface area contributed by atoms with Gasteiger partial charge in [-0.3, -0.25) is 14.4 Å². The molecule has 0 aliphatic rings. The van der Waals surface area contributed by atoms with E-state index in [4.69, 9.17) is 14.2 Å². The van der Waals surface area contributed by atoms with Gasteiger partial charge in [0, 0.05) is 19.3 Å². The van der Waals surface area contributed by atoms with Gasteiger partial charge in [-0.2, -0.15) is 0 Å². The van der Waals surface area contributed by atoms with E-state index in [0.29, 0.717) is 19.3 Å². The molecule has 0 aliphatic heterocycles. The van der Waals surface area contributed by atoms with Gasteiger partial charge in [0.1, 0.15) is 13.2 Å². The van der Waals surface area contributed by atoms with E-state index in [9.17, 15) is 14.4 Å². The first-order valence-electron chi connectivity index (χ1n) is 27.4. The van der Waals surface area contributed by atoms with Crippen LogP contribution in [0.25, 0.3) is 0 Å². The van der Waals surface area contributed by atoms with Gasteiger partial charge in [-0.15, -0.1) is 0 Å². The third-order valence-corrected chi connectivity index (χ3v) is 12.5. The highest BCUT2D eigenvalue weighted by atomic mass is 16.6. The largest absolute Gasteiger partial charge is 0.462 e. The third-order valence-electron chi connectivity index (χ3n) is 12.5. The number of carbonyl (C=O) groups is 3. The molecule has 0 aromatic rings. The predicted octanol–water partition coefficient (Wildman–Crippen LogP) is 17.8. The molecule has 0 N–H and O–H groups in total. The first-order valence-corrected chi connectivity index (χ1v) is 27.4. The Hall–Kier alpha value is -1.59. The average Bonchev–Trinajstić information content (AvgIpc) is 3.24. The summed E-state index contributed by atoms with van der Waals surface area (Å²) in [4.78, 5) is 38.0. The highest BCUT2D eigenvalue weighted by Gasteiger charge is 2.19. The molecule has 0 spiro atoms. The third kappa shape index (κ3) is 49.3. The van der Waals surface area contributed by atoms with Gasteiger partial charge in [0.2, 0.25) is 0 Å². The predicted molar refractivity (Wildman–Crippen MR) is 261 cm³/mol. The van der Waals surface area contributed by atoms with Crippen LogP contribution in [-0.2, 0) is 28.6 Å². The monoisotopic (exact) mass is 863 g/mol. The highest BCUT2D eigenvalue weighted by Crippen LogP contribution is 2.17. The minimum atomic E-state index is -0.760. The molecular formula is C55H106O6. The average molecular weight is 863 g/mol. The van der Waals surface area contributed by atoms with Crippen molar-refractivity contribution in [2.24, 2.45) is 5.92 Å². The maximum atomic E-state index is 12.8. The van der Waals surface area contributed by atoms with Crippen molar-refractivity contribution in [1.29, 1.82) is 0 Å². The highest BCUT2D eigenvalue weighted by molar-refractivity contribution is 5.71. The molecule has 0 saturated heterocycles. The second-order valence-corrected chi connectivity index (χ2v) is 19.3. The summed E-state index contributed by atoms with van der Waals surface area (Å²) < 4.78 is 16.8. The molecular weight excluding hydrogens is 757 g/mol. The Kier molecular flexibility index (Phi) is 48.1. The van der Waals surface area contributed by atoms with E-state index in [1.807, 2.05) is 0 Å². The number of esters is 3. The molecule has 0 unspecified atom stereocenters. The smallest absolute Gasteiger partial charge is 0.306 e. The Balaban J connectivity index is 4.26. The van der Waals surface area contributed by atoms with Crippen LogP contribution in [0.5, 0.6) is 0 Å². The van der Waals surface area contributed by atoms with E-state index < -0.39 is 6.10 Å². The summed E-state index contributed by atoms with van der Waals surface area (Å²) in [5.41, 5.74) is 0. The zero-order chi connectivity index (χ0) is 44.5. The Labute approximate surface area is 380 Å². The Morgan fingerprint density at radius 1 is 0.311 bits per heavy atom.